The number of aryl methyl sites for hydroxylation is 2. The molecule has 23 heavy (non-hydrogen) atoms. The second-order valence-corrected chi connectivity index (χ2v) is 6.41. The van der Waals surface area contributed by atoms with E-state index in [4.69, 9.17) is 11.6 Å². The van der Waals surface area contributed by atoms with Gasteiger partial charge < -0.3 is 9.47 Å². The minimum atomic E-state index is 0.201. The van der Waals surface area contributed by atoms with E-state index >= 15 is 0 Å². The van der Waals surface area contributed by atoms with Gasteiger partial charge in [-0.2, -0.15) is 0 Å². The number of benzene rings is 1. The summed E-state index contributed by atoms with van der Waals surface area (Å²) in [6, 6.07) is 8.54. The van der Waals surface area contributed by atoms with Crippen molar-refractivity contribution in [3.63, 3.8) is 0 Å². The minimum Gasteiger partial charge on any atom is -0.336 e. The summed E-state index contributed by atoms with van der Waals surface area (Å²) in [7, 11) is 1.90. The Balaban J connectivity index is 1.59. The van der Waals surface area contributed by atoms with Crippen molar-refractivity contribution >= 4 is 17.5 Å². The van der Waals surface area contributed by atoms with E-state index in [1.807, 2.05) is 16.5 Å². The molecular weight excluding hydrogens is 310 g/mol. The maximum Gasteiger partial charge on any atom is 0.223 e. The third-order valence-electron chi connectivity index (χ3n) is 4.61. The van der Waals surface area contributed by atoms with E-state index in [1.165, 1.54) is 11.1 Å². The molecule has 0 aliphatic carbocycles. The largest absolute Gasteiger partial charge is 0.336 e. The summed E-state index contributed by atoms with van der Waals surface area (Å²) < 4.78 is 1.87. The molecule has 0 bridgehead atoms. The van der Waals surface area contributed by atoms with Gasteiger partial charge in [-0.15, -0.1) is 0 Å². The number of carbonyl (C=O) groups excluding carboxylic acids is 1. The smallest absolute Gasteiger partial charge is 0.223 e. The number of fused-ring (bicyclic) bond motifs is 1. The fourth-order valence-electron chi connectivity index (χ4n) is 3.02. The SMILES string of the molecule is CCc1ccc(CCC(=O)N2CCc3nc(Cl)n(C)c3C2)cc1. The number of carbonyl (C=O) groups is 1. The fourth-order valence-corrected chi connectivity index (χ4v) is 3.22. The first kappa shape index (κ1) is 16.1. The number of nitrogens with zero attached hydrogens (tertiary/aromatic N) is 3. The Morgan fingerprint density at radius 1 is 1.26 bits per heavy atom. The van der Waals surface area contributed by atoms with Crippen LogP contribution >= 0.6 is 11.6 Å². The average molecular weight is 332 g/mol. The third kappa shape index (κ3) is 3.42. The Morgan fingerprint density at radius 2 is 1.96 bits per heavy atom. The van der Waals surface area contributed by atoms with E-state index in [9.17, 15) is 4.79 Å². The van der Waals surface area contributed by atoms with Gasteiger partial charge in [-0.25, -0.2) is 4.98 Å². The van der Waals surface area contributed by atoms with Gasteiger partial charge >= 0.3 is 0 Å². The molecule has 0 radical (unpaired) electrons. The van der Waals surface area contributed by atoms with Gasteiger partial charge in [0.05, 0.1) is 17.9 Å². The quantitative estimate of drug-likeness (QED) is 0.863. The highest BCUT2D eigenvalue weighted by Crippen LogP contribution is 2.22. The molecule has 122 valence electrons. The standard InChI is InChI=1S/C18H22ClN3O/c1-3-13-4-6-14(7-5-13)8-9-17(23)22-11-10-15-16(12-22)21(2)18(19)20-15/h4-7H,3,8-12H2,1-2H3. The first-order valence-electron chi connectivity index (χ1n) is 8.14. The van der Waals surface area contributed by atoms with Crippen LogP contribution in [0.5, 0.6) is 0 Å². The van der Waals surface area contributed by atoms with Gasteiger partial charge in [0.25, 0.3) is 0 Å². The highest BCUT2D eigenvalue weighted by molar-refractivity contribution is 6.28. The van der Waals surface area contributed by atoms with Crippen LogP contribution in [0.25, 0.3) is 0 Å². The fraction of sp³-hybridized carbons (Fsp3) is 0.444. The number of rotatable bonds is 4. The molecule has 0 saturated carbocycles. The number of amides is 1. The van der Waals surface area contributed by atoms with Crippen molar-refractivity contribution in [1.29, 1.82) is 0 Å². The summed E-state index contributed by atoms with van der Waals surface area (Å²) in [5.74, 6) is 0.201. The maximum absolute atomic E-state index is 12.5. The molecule has 0 spiro atoms. The van der Waals surface area contributed by atoms with Crippen LogP contribution < -0.4 is 0 Å². The Kier molecular flexibility index (Phi) is 4.71. The molecule has 5 heteroatoms. The van der Waals surface area contributed by atoms with Crippen LogP contribution in [-0.2, 0) is 37.6 Å². The lowest BCUT2D eigenvalue weighted by molar-refractivity contribution is -0.132. The number of hydrogen-bond acceptors (Lipinski definition) is 2. The maximum atomic E-state index is 12.5. The minimum absolute atomic E-state index is 0.201. The van der Waals surface area contributed by atoms with Crippen molar-refractivity contribution in [1.82, 2.24) is 14.5 Å². The van der Waals surface area contributed by atoms with E-state index in [0.717, 1.165) is 37.2 Å². The molecular formula is C18H22ClN3O. The second-order valence-electron chi connectivity index (χ2n) is 6.07. The Morgan fingerprint density at radius 3 is 2.65 bits per heavy atom. The molecule has 1 aliphatic rings. The molecule has 0 fully saturated rings. The Labute approximate surface area is 142 Å². The number of imidazole rings is 1. The van der Waals surface area contributed by atoms with Crippen molar-refractivity contribution in [2.75, 3.05) is 6.54 Å². The Hall–Kier alpha value is -1.81. The summed E-state index contributed by atoms with van der Waals surface area (Å²) in [5, 5.41) is 0.500. The van der Waals surface area contributed by atoms with Crippen molar-refractivity contribution in [3.05, 3.63) is 52.1 Å². The van der Waals surface area contributed by atoms with Crippen molar-refractivity contribution in [3.8, 4) is 0 Å². The van der Waals surface area contributed by atoms with Crippen LogP contribution in [0.3, 0.4) is 0 Å². The molecule has 0 unspecified atom stereocenters. The summed E-state index contributed by atoms with van der Waals surface area (Å²) >= 11 is 6.06. The first-order valence-corrected chi connectivity index (χ1v) is 8.52. The van der Waals surface area contributed by atoms with Gasteiger partial charge in [0.2, 0.25) is 11.2 Å². The van der Waals surface area contributed by atoms with Crippen LogP contribution in [0.2, 0.25) is 5.28 Å². The predicted octanol–water partition coefficient (Wildman–Crippen LogP) is 3.15. The zero-order valence-electron chi connectivity index (χ0n) is 13.7. The third-order valence-corrected chi connectivity index (χ3v) is 4.95. The lowest BCUT2D eigenvalue weighted by Crippen LogP contribution is -2.36. The zero-order valence-corrected chi connectivity index (χ0v) is 14.4. The molecule has 2 aromatic rings. The lowest BCUT2D eigenvalue weighted by atomic mass is 10.0. The van der Waals surface area contributed by atoms with E-state index in [2.05, 4.69) is 36.2 Å². The lowest BCUT2D eigenvalue weighted by Gasteiger charge is -2.27. The van der Waals surface area contributed by atoms with Gasteiger partial charge in [-0.1, -0.05) is 31.2 Å². The van der Waals surface area contributed by atoms with E-state index < -0.39 is 0 Å². The van der Waals surface area contributed by atoms with Crippen LogP contribution in [0.15, 0.2) is 24.3 Å². The molecule has 2 heterocycles. The van der Waals surface area contributed by atoms with Gasteiger partial charge in [0, 0.05) is 26.4 Å². The molecule has 1 aromatic carbocycles. The topological polar surface area (TPSA) is 38.1 Å². The summed E-state index contributed by atoms with van der Waals surface area (Å²) in [6.45, 7) is 3.49. The Bertz CT molecular complexity index is 706. The summed E-state index contributed by atoms with van der Waals surface area (Å²) in [6.07, 6.45) is 3.17. The predicted molar refractivity (Wildman–Crippen MR) is 91.5 cm³/mol. The van der Waals surface area contributed by atoms with Crippen molar-refractivity contribution in [2.45, 2.75) is 39.2 Å². The summed E-state index contributed by atoms with van der Waals surface area (Å²) in [4.78, 5) is 18.7. The van der Waals surface area contributed by atoms with Crippen LogP contribution in [0.1, 0.15) is 35.9 Å². The van der Waals surface area contributed by atoms with Gasteiger partial charge in [0.1, 0.15) is 0 Å². The molecule has 1 aromatic heterocycles. The van der Waals surface area contributed by atoms with Crippen LogP contribution in [0, 0.1) is 0 Å². The van der Waals surface area contributed by atoms with E-state index in [1.54, 1.807) is 0 Å². The zero-order chi connectivity index (χ0) is 16.4. The molecule has 0 saturated heterocycles. The van der Waals surface area contributed by atoms with Gasteiger partial charge in [-0.3, -0.25) is 4.79 Å². The van der Waals surface area contributed by atoms with Crippen LogP contribution in [-0.4, -0.2) is 26.9 Å². The van der Waals surface area contributed by atoms with Crippen molar-refractivity contribution in [2.24, 2.45) is 7.05 Å². The molecule has 0 N–H and O–H groups in total. The van der Waals surface area contributed by atoms with Crippen molar-refractivity contribution < 1.29 is 4.79 Å². The monoisotopic (exact) mass is 331 g/mol. The van der Waals surface area contributed by atoms with Gasteiger partial charge in [-0.05, 0) is 35.6 Å². The van der Waals surface area contributed by atoms with E-state index in [0.29, 0.717) is 18.2 Å². The van der Waals surface area contributed by atoms with Crippen LogP contribution in [0.4, 0.5) is 0 Å². The molecule has 4 nitrogen and oxygen atoms in total. The van der Waals surface area contributed by atoms with E-state index in [-0.39, 0.29) is 5.91 Å². The normalized spacial score (nSPS) is 14.0. The second kappa shape index (κ2) is 6.75. The highest BCUT2D eigenvalue weighted by Gasteiger charge is 2.24. The number of hydrogen-bond donors (Lipinski definition) is 0. The molecule has 3 rings (SSSR count). The first-order chi connectivity index (χ1) is 11.1. The molecule has 0 atom stereocenters. The van der Waals surface area contributed by atoms with Gasteiger partial charge in [0.15, 0.2) is 0 Å². The molecule has 1 amide bonds. The highest BCUT2D eigenvalue weighted by atomic mass is 35.5. The average Bonchev–Trinajstić information content (AvgIpc) is 2.87. The summed E-state index contributed by atoms with van der Waals surface area (Å²) in [5.41, 5.74) is 4.63. The number of aromatic nitrogens is 2. The number of halogens is 1. The molecule has 1 aliphatic heterocycles.